The van der Waals surface area contributed by atoms with Crippen molar-refractivity contribution in [2.45, 2.75) is 19.8 Å². The number of nitrogens with zero attached hydrogens (tertiary/aromatic N) is 2. The third-order valence-corrected chi connectivity index (χ3v) is 4.82. The number of carbonyl (C=O) groups is 1. The Bertz CT molecular complexity index is 814. The highest BCUT2D eigenvalue weighted by atomic mass is 35.5. The average molecular weight is 376 g/mol. The molecule has 1 saturated heterocycles. The zero-order valence-corrected chi connectivity index (χ0v) is 15.4. The van der Waals surface area contributed by atoms with E-state index in [1.165, 1.54) is 24.6 Å². The number of hydrogen-bond donors (Lipinski definition) is 1. The van der Waals surface area contributed by atoms with Gasteiger partial charge in [-0.1, -0.05) is 29.3 Å². The SMILES string of the molecule is Cc1cc(N2CCCC2)ccc1/C=N\NC(=O)c1ccc(Cl)cc1Cl. The fraction of sp³-hybridized carbons (Fsp3) is 0.263. The number of nitrogens with one attached hydrogen (secondary N) is 1. The first-order valence-corrected chi connectivity index (χ1v) is 8.94. The third-order valence-electron chi connectivity index (χ3n) is 4.27. The van der Waals surface area contributed by atoms with Gasteiger partial charge in [-0.25, -0.2) is 5.43 Å². The molecule has 0 spiro atoms. The Balaban J connectivity index is 1.66. The number of rotatable bonds is 4. The minimum absolute atomic E-state index is 0.298. The van der Waals surface area contributed by atoms with Crippen LogP contribution < -0.4 is 10.3 Å². The molecule has 0 atom stereocenters. The van der Waals surface area contributed by atoms with Crippen LogP contribution in [0.3, 0.4) is 0 Å². The minimum atomic E-state index is -0.371. The first-order valence-electron chi connectivity index (χ1n) is 8.18. The Morgan fingerprint density at radius 1 is 1.16 bits per heavy atom. The predicted molar refractivity (Wildman–Crippen MR) is 104 cm³/mol. The van der Waals surface area contributed by atoms with Gasteiger partial charge >= 0.3 is 0 Å². The number of benzene rings is 2. The zero-order chi connectivity index (χ0) is 17.8. The van der Waals surface area contributed by atoms with E-state index in [4.69, 9.17) is 23.2 Å². The molecule has 1 amide bonds. The zero-order valence-electron chi connectivity index (χ0n) is 13.9. The van der Waals surface area contributed by atoms with Crippen LogP contribution in [0.1, 0.15) is 34.3 Å². The van der Waals surface area contributed by atoms with E-state index in [0.29, 0.717) is 15.6 Å². The summed E-state index contributed by atoms with van der Waals surface area (Å²) in [6, 6.07) is 11.0. The number of aryl methyl sites for hydroxylation is 1. The molecule has 1 aliphatic heterocycles. The first-order chi connectivity index (χ1) is 12.0. The van der Waals surface area contributed by atoms with Crippen LogP contribution in [0, 0.1) is 6.92 Å². The summed E-state index contributed by atoms with van der Waals surface area (Å²) in [6.45, 7) is 4.27. The molecule has 130 valence electrons. The van der Waals surface area contributed by atoms with Gasteiger partial charge in [-0.15, -0.1) is 0 Å². The molecule has 0 unspecified atom stereocenters. The van der Waals surface area contributed by atoms with E-state index in [1.54, 1.807) is 18.3 Å². The number of halogens is 2. The summed E-state index contributed by atoms with van der Waals surface area (Å²) in [7, 11) is 0. The lowest BCUT2D eigenvalue weighted by molar-refractivity contribution is 0.0955. The molecule has 1 aliphatic rings. The number of anilines is 1. The molecular weight excluding hydrogens is 357 g/mol. The van der Waals surface area contributed by atoms with Gasteiger partial charge in [0.1, 0.15) is 0 Å². The summed E-state index contributed by atoms with van der Waals surface area (Å²) in [5, 5.41) is 4.82. The van der Waals surface area contributed by atoms with Crippen LogP contribution in [0.25, 0.3) is 0 Å². The van der Waals surface area contributed by atoms with Crippen molar-refractivity contribution < 1.29 is 4.79 Å². The molecule has 25 heavy (non-hydrogen) atoms. The van der Waals surface area contributed by atoms with Crippen molar-refractivity contribution in [3.05, 3.63) is 63.1 Å². The largest absolute Gasteiger partial charge is 0.372 e. The van der Waals surface area contributed by atoms with Crippen LogP contribution in [0.2, 0.25) is 10.0 Å². The maximum atomic E-state index is 12.1. The number of hydrogen-bond acceptors (Lipinski definition) is 3. The Morgan fingerprint density at radius 3 is 2.60 bits per heavy atom. The molecular formula is C19H19Cl2N3O. The highest BCUT2D eigenvalue weighted by Crippen LogP contribution is 2.23. The fourth-order valence-electron chi connectivity index (χ4n) is 2.87. The summed E-state index contributed by atoms with van der Waals surface area (Å²) in [6.07, 6.45) is 4.15. The molecule has 2 aromatic rings. The smallest absolute Gasteiger partial charge is 0.272 e. The van der Waals surface area contributed by atoms with Crippen LogP contribution in [0.4, 0.5) is 5.69 Å². The third kappa shape index (κ3) is 4.33. The summed E-state index contributed by atoms with van der Waals surface area (Å²) in [5.74, 6) is -0.371. The molecule has 6 heteroatoms. The van der Waals surface area contributed by atoms with Gasteiger partial charge in [-0.3, -0.25) is 4.79 Å². The molecule has 1 heterocycles. The minimum Gasteiger partial charge on any atom is -0.372 e. The van der Waals surface area contributed by atoms with E-state index >= 15 is 0 Å². The van der Waals surface area contributed by atoms with Gasteiger partial charge in [0.25, 0.3) is 5.91 Å². The Labute approximate surface area is 157 Å². The van der Waals surface area contributed by atoms with Crippen molar-refractivity contribution >= 4 is 41.0 Å². The quantitative estimate of drug-likeness (QED) is 0.623. The number of hydrazone groups is 1. The average Bonchev–Trinajstić information content (AvgIpc) is 3.10. The lowest BCUT2D eigenvalue weighted by Crippen LogP contribution is -2.18. The molecule has 1 fully saturated rings. The van der Waals surface area contributed by atoms with Crippen LogP contribution in [0.5, 0.6) is 0 Å². The van der Waals surface area contributed by atoms with Crippen LogP contribution >= 0.6 is 23.2 Å². The highest BCUT2D eigenvalue weighted by molar-refractivity contribution is 6.36. The molecule has 4 nitrogen and oxygen atoms in total. The highest BCUT2D eigenvalue weighted by Gasteiger charge is 2.13. The topological polar surface area (TPSA) is 44.7 Å². The van der Waals surface area contributed by atoms with Crippen LogP contribution in [-0.4, -0.2) is 25.2 Å². The van der Waals surface area contributed by atoms with E-state index in [2.05, 4.69) is 27.6 Å². The predicted octanol–water partition coefficient (Wildman–Crippen LogP) is 4.67. The van der Waals surface area contributed by atoms with Gasteiger partial charge in [0.05, 0.1) is 16.8 Å². The van der Waals surface area contributed by atoms with Gasteiger partial charge in [-0.2, -0.15) is 5.10 Å². The van der Waals surface area contributed by atoms with E-state index in [-0.39, 0.29) is 5.91 Å². The van der Waals surface area contributed by atoms with Gasteiger partial charge in [0, 0.05) is 23.8 Å². The second kappa shape index (κ2) is 7.89. The van der Waals surface area contributed by atoms with Gasteiger partial charge in [0.15, 0.2) is 0 Å². The summed E-state index contributed by atoms with van der Waals surface area (Å²) >= 11 is 11.9. The maximum Gasteiger partial charge on any atom is 0.272 e. The van der Waals surface area contributed by atoms with Crippen LogP contribution in [-0.2, 0) is 0 Å². The summed E-state index contributed by atoms with van der Waals surface area (Å²) < 4.78 is 0. The van der Waals surface area contributed by atoms with Gasteiger partial charge in [-0.05, 0) is 61.2 Å². The van der Waals surface area contributed by atoms with Crippen molar-refractivity contribution in [2.75, 3.05) is 18.0 Å². The van der Waals surface area contributed by atoms with Crippen molar-refractivity contribution in [2.24, 2.45) is 5.10 Å². The van der Waals surface area contributed by atoms with Gasteiger partial charge < -0.3 is 4.90 Å². The Hall–Kier alpha value is -2.04. The first kappa shape index (κ1) is 17.8. The summed E-state index contributed by atoms with van der Waals surface area (Å²) in [4.78, 5) is 14.5. The van der Waals surface area contributed by atoms with Crippen molar-refractivity contribution in [1.82, 2.24) is 5.43 Å². The van der Waals surface area contributed by atoms with E-state index in [9.17, 15) is 4.79 Å². The molecule has 3 rings (SSSR count). The second-order valence-corrected chi connectivity index (χ2v) is 6.90. The van der Waals surface area contributed by atoms with E-state index < -0.39 is 0 Å². The molecule has 0 radical (unpaired) electrons. The molecule has 0 saturated carbocycles. The number of amides is 1. The van der Waals surface area contributed by atoms with E-state index in [1.807, 2.05) is 13.0 Å². The fourth-order valence-corrected chi connectivity index (χ4v) is 3.37. The lowest BCUT2D eigenvalue weighted by Gasteiger charge is -2.18. The lowest BCUT2D eigenvalue weighted by atomic mass is 10.1. The Kier molecular flexibility index (Phi) is 5.61. The normalized spacial score (nSPS) is 14.3. The molecule has 2 aromatic carbocycles. The summed E-state index contributed by atoms with van der Waals surface area (Å²) in [5.41, 5.74) is 6.16. The standard InChI is InChI=1S/C19H19Cl2N3O/c1-13-10-16(24-8-2-3-9-24)6-4-14(13)12-22-23-19(25)17-7-5-15(20)11-18(17)21/h4-7,10-12H,2-3,8-9H2,1H3,(H,23,25)/b22-12-. The second-order valence-electron chi connectivity index (χ2n) is 6.06. The number of carbonyl (C=O) groups excluding carboxylic acids is 1. The van der Waals surface area contributed by atoms with Crippen molar-refractivity contribution in [1.29, 1.82) is 0 Å². The monoisotopic (exact) mass is 375 g/mol. The van der Waals surface area contributed by atoms with E-state index in [0.717, 1.165) is 24.2 Å². The van der Waals surface area contributed by atoms with Gasteiger partial charge in [0.2, 0.25) is 0 Å². The Morgan fingerprint density at radius 2 is 1.92 bits per heavy atom. The molecule has 0 aromatic heterocycles. The van der Waals surface area contributed by atoms with Crippen molar-refractivity contribution in [3.63, 3.8) is 0 Å². The molecule has 1 N–H and O–H groups in total. The van der Waals surface area contributed by atoms with Crippen molar-refractivity contribution in [3.8, 4) is 0 Å². The molecule has 0 bridgehead atoms. The molecule has 0 aliphatic carbocycles. The van der Waals surface area contributed by atoms with Crippen LogP contribution in [0.15, 0.2) is 41.5 Å². The maximum absolute atomic E-state index is 12.1.